The van der Waals surface area contributed by atoms with Gasteiger partial charge in [0.05, 0.1) is 4.90 Å². The van der Waals surface area contributed by atoms with Crippen LogP contribution in [0, 0.1) is 11.6 Å². The van der Waals surface area contributed by atoms with Gasteiger partial charge in [-0.2, -0.15) is 0 Å². The highest BCUT2D eigenvalue weighted by molar-refractivity contribution is 7.89. The summed E-state index contributed by atoms with van der Waals surface area (Å²) in [6.45, 7) is 3.09. The molecule has 0 bridgehead atoms. The largest absolute Gasteiger partial charge is 0.378 e. The second kappa shape index (κ2) is 10.7. The number of hydrogen-bond donors (Lipinski definition) is 1. The molecule has 3 aromatic rings. The SMILES string of the molecule is CN(C)c1ccc(C(CNS(=O)(=O)c2ccc(F)cc2)N2CCN(c3ccc(F)cc3)CC2)cc1. The first-order valence-electron chi connectivity index (χ1n) is 11.5. The van der Waals surface area contributed by atoms with Gasteiger partial charge in [0.2, 0.25) is 10.0 Å². The van der Waals surface area contributed by atoms with Crippen molar-refractivity contribution in [1.29, 1.82) is 0 Å². The summed E-state index contributed by atoms with van der Waals surface area (Å²) in [6, 6.07) is 19.2. The number of piperazine rings is 1. The van der Waals surface area contributed by atoms with Crippen molar-refractivity contribution >= 4 is 21.4 Å². The van der Waals surface area contributed by atoms with E-state index in [1.165, 1.54) is 24.3 Å². The normalized spacial score (nSPS) is 15.7. The van der Waals surface area contributed by atoms with Gasteiger partial charge in [-0.05, 0) is 66.2 Å². The topological polar surface area (TPSA) is 55.9 Å². The van der Waals surface area contributed by atoms with Gasteiger partial charge >= 0.3 is 0 Å². The van der Waals surface area contributed by atoms with Gasteiger partial charge in [0.1, 0.15) is 11.6 Å². The number of nitrogens with one attached hydrogen (secondary N) is 1. The van der Waals surface area contributed by atoms with E-state index in [-0.39, 0.29) is 23.3 Å². The first-order chi connectivity index (χ1) is 16.7. The number of halogens is 2. The fraction of sp³-hybridized carbons (Fsp3) is 0.308. The fourth-order valence-electron chi connectivity index (χ4n) is 4.28. The molecule has 0 spiro atoms. The lowest BCUT2D eigenvalue weighted by molar-refractivity contribution is 0.187. The average Bonchev–Trinajstić information content (AvgIpc) is 2.85. The molecule has 0 aromatic heterocycles. The molecule has 1 N–H and O–H groups in total. The van der Waals surface area contributed by atoms with Crippen LogP contribution in [0.4, 0.5) is 20.2 Å². The van der Waals surface area contributed by atoms with Gasteiger partial charge in [0, 0.05) is 64.2 Å². The molecule has 0 aliphatic carbocycles. The molecule has 186 valence electrons. The third-order valence-corrected chi connectivity index (χ3v) is 7.77. The number of sulfonamides is 1. The zero-order valence-corrected chi connectivity index (χ0v) is 20.7. The van der Waals surface area contributed by atoms with Crippen molar-refractivity contribution in [2.45, 2.75) is 10.9 Å². The van der Waals surface area contributed by atoms with E-state index in [9.17, 15) is 17.2 Å². The summed E-state index contributed by atoms with van der Waals surface area (Å²) in [7, 11) is 0.145. The first kappa shape index (κ1) is 25.1. The molecule has 1 aliphatic heterocycles. The minimum atomic E-state index is -3.80. The number of nitrogens with zero attached hydrogens (tertiary/aromatic N) is 3. The summed E-state index contributed by atoms with van der Waals surface area (Å²) in [4.78, 5) is 6.50. The van der Waals surface area contributed by atoms with Crippen LogP contribution in [0.15, 0.2) is 77.7 Å². The smallest absolute Gasteiger partial charge is 0.240 e. The summed E-state index contributed by atoms with van der Waals surface area (Å²) >= 11 is 0. The average molecular weight is 501 g/mol. The Labute approximate surface area is 205 Å². The minimum Gasteiger partial charge on any atom is -0.378 e. The van der Waals surface area contributed by atoms with Crippen LogP contribution in [0.3, 0.4) is 0 Å². The Morgan fingerprint density at radius 1 is 0.829 bits per heavy atom. The van der Waals surface area contributed by atoms with Crippen molar-refractivity contribution in [3.05, 3.63) is 90.0 Å². The molecule has 9 heteroatoms. The van der Waals surface area contributed by atoms with Crippen molar-refractivity contribution < 1.29 is 17.2 Å². The van der Waals surface area contributed by atoms with Crippen molar-refractivity contribution in [2.75, 3.05) is 56.6 Å². The Morgan fingerprint density at radius 2 is 1.37 bits per heavy atom. The van der Waals surface area contributed by atoms with Crippen molar-refractivity contribution in [2.24, 2.45) is 0 Å². The Kier molecular flexibility index (Phi) is 7.69. The van der Waals surface area contributed by atoms with Crippen LogP contribution >= 0.6 is 0 Å². The van der Waals surface area contributed by atoms with Crippen molar-refractivity contribution in [1.82, 2.24) is 9.62 Å². The van der Waals surface area contributed by atoms with Crippen molar-refractivity contribution in [3.8, 4) is 0 Å². The molecular formula is C26H30F2N4O2S. The number of hydrogen-bond acceptors (Lipinski definition) is 5. The fourth-order valence-corrected chi connectivity index (χ4v) is 5.32. The van der Waals surface area contributed by atoms with Gasteiger partial charge in [0.25, 0.3) is 0 Å². The van der Waals surface area contributed by atoms with Gasteiger partial charge in [0.15, 0.2) is 0 Å². The maximum absolute atomic E-state index is 13.3. The van der Waals surface area contributed by atoms with Gasteiger partial charge in [-0.3, -0.25) is 4.90 Å². The summed E-state index contributed by atoms with van der Waals surface area (Å²) in [5, 5.41) is 0. The van der Waals surface area contributed by atoms with Gasteiger partial charge in [-0.15, -0.1) is 0 Å². The highest BCUT2D eigenvalue weighted by atomic mass is 32.2. The van der Waals surface area contributed by atoms with Crippen LogP contribution < -0.4 is 14.5 Å². The van der Waals surface area contributed by atoms with E-state index in [4.69, 9.17) is 0 Å². The van der Waals surface area contributed by atoms with Gasteiger partial charge < -0.3 is 9.80 Å². The molecule has 3 aromatic carbocycles. The minimum absolute atomic E-state index is 0.0294. The molecule has 0 saturated carbocycles. The maximum Gasteiger partial charge on any atom is 0.240 e. The van der Waals surface area contributed by atoms with Crippen LogP contribution in [0.2, 0.25) is 0 Å². The molecule has 1 atom stereocenters. The zero-order valence-electron chi connectivity index (χ0n) is 19.9. The predicted octanol–water partition coefficient (Wildman–Crippen LogP) is 3.87. The second-order valence-electron chi connectivity index (χ2n) is 8.81. The Balaban J connectivity index is 1.51. The van der Waals surface area contributed by atoms with Crippen LogP contribution in [-0.2, 0) is 10.0 Å². The molecule has 1 aliphatic rings. The summed E-state index contributed by atoms with van der Waals surface area (Å²) in [5.41, 5.74) is 3.03. The number of anilines is 2. The van der Waals surface area contributed by atoms with E-state index in [1.807, 2.05) is 43.3 Å². The number of benzene rings is 3. The molecule has 0 amide bonds. The Morgan fingerprint density at radius 3 is 1.91 bits per heavy atom. The van der Waals surface area contributed by atoms with E-state index in [0.29, 0.717) is 0 Å². The third kappa shape index (κ3) is 6.17. The lowest BCUT2D eigenvalue weighted by Gasteiger charge is -2.40. The first-order valence-corrected chi connectivity index (χ1v) is 13.0. The molecule has 6 nitrogen and oxygen atoms in total. The lowest BCUT2D eigenvalue weighted by Crippen LogP contribution is -2.49. The van der Waals surface area contributed by atoms with E-state index in [1.54, 1.807) is 12.1 Å². The predicted molar refractivity (Wildman–Crippen MR) is 135 cm³/mol. The number of rotatable bonds is 8. The summed E-state index contributed by atoms with van der Waals surface area (Å²) < 4.78 is 55.0. The Bertz CT molecular complexity index is 1210. The Hall–Kier alpha value is -3.01. The molecule has 4 rings (SSSR count). The van der Waals surface area contributed by atoms with Crippen LogP contribution in [0.25, 0.3) is 0 Å². The highest BCUT2D eigenvalue weighted by Crippen LogP contribution is 2.26. The summed E-state index contributed by atoms with van der Waals surface area (Å²) in [6.07, 6.45) is 0. The second-order valence-corrected chi connectivity index (χ2v) is 10.6. The molecule has 1 fully saturated rings. The van der Waals surface area contributed by atoms with E-state index in [0.717, 1.165) is 55.2 Å². The molecule has 1 heterocycles. The third-order valence-electron chi connectivity index (χ3n) is 6.33. The van der Waals surface area contributed by atoms with Crippen LogP contribution in [0.5, 0.6) is 0 Å². The van der Waals surface area contributed by atoms with Crippen molar-refractivity contribution in [3.63, 3.8) is 0 Å². The highest BCUT2D eigenvalue weighted by Gasteiger charge is 2.27. The van der Waals surface area contributed by atoms with Gasteiger partial charge in [-0.1, -0.05) is 12.1 Å². The van der Waals surface area contributed by atoms with E-state index in [2.05, 4.69) is 14.5 Å². The van der Waals surface area contributed by atoms with E-state index >= 15 is 0 Å². The molecule has 1 unspecified atom stereocenters. The monoisotopic (exact) mass is 500 g/mol. The lowest BCUT2D eigenvalue weighted by atomic mass is 10.0. The van der Waals surface area contributed by atoms with Crippen LogP contribution in [0.1, 0.15) is 11.6 Å². The summed E-state index contributed by atoms with van der Waals surface area (Å²) in [5.74, 6) is -0.746. The molecular weight excluding hydrogens is 470 g/mol. The van der Waals surface area contributed by atoms with E-state index < -0.39 is 15.8 Å². The quantitative estimate of drug-likeness (QED) is 0.509. The molecule has 0 radical (unpaired) electrons. The maximum atomic E-state index is 13.3. The molecule has 1 saturated heterocycles. The standard InChI is InChI=1S/C26H30F2N4O2S/c1-30(2)23-9-3-20(4-10-23)26(19-29-35(33,34)25-13-7-22(28)8-14-25)32-17-15-31(16-18-32)24-11-5-21(27)6-12-24/h3-14,26,29H,15-19H2,1-2H3. The zero-order chi connectivity index (χ0) is 25.0. The molecule has 35 heavy (non-hydrogen) atoms. The van der Waals surface area contributed by atoms with Gasteiger partial charge in [-0.25, -0.2) is 21.9 Å². The van der Waals surface area contributed by atoms with Crippen LogP contribution in [-0.4, -0.2) is 60.1 Å².